The van der Waals surface area contributed by atoms with Crippen molar-refractivity contribution in [2.75, 3.05) is 0 Å². The van der Waals surface area contributed by atoms with Gasteiger partial charge in [-0.3, -0.25) is 4.79 Å². The fraction of sp³-hybridized carbons (Fsp3) is 0.375. The van der Waals surface area contributed by atoms with Crippen molar-refractivity contribution >= 4 is 29.1 Å². The summed E-state index contributed by atoms with van der Waals surface area (Å²) >= 11 is 3.45. The Bertz CT molecular complexity index is 666. The second kappa shape index (κ2) is 6.20. The minimum absolute atomic E-state index is 0.400. The number of rotatable bonds is 4. The molecule has 1 aromatic heterocycles. The molecule has 110 valence electrons. The largest absolute Gasteiger partial charge is 0.481 e. The molecule has 3 nitrogen and oxygen atoms in total. The first-order chi connectivity index (χ1) is 10.1. The van der Waals surface area contributed by atoms with Crippen LogP contribution in [0.2, 0.25) is 0 Å². The molecule has 1 aliphatic rings. The Labute approximate surface area is 132 Å². The maximum atomic E-state index is 11.3. The molecule has 0 spiro atoms. The van der Waals surface area contributed by atoms with Gasteiger partial charge in [0.2, 0.25) is 0 Å². The minimum Gasteiger partial charge on any atom is -0.481 e. The van der Waals surface area contributed by atoms with E-state index in [2.05, 4.69) is 36.2 Å². The number of benzene rings is 1. The number of aryl methyl sites for hydroxylation is 2. The fourth-order valence-electron chi connectivity index (χ4n) is 2.62. The van der Waals surface area contributed by atoms with Crippen LogP contribution in [0.4, 0.5) is 0 Å². The Balaban J connectivity index is 1.74. The van der Waals surface area contributed by atoms with Crippen LogP contribution in [0.3, 0.4) is 0 Å². The standard InChI is InChI=1S/C16H17NO2S2/c1-10-4-2-5-11(8-10)20-9-14-17-15-12(16(18)19)6-3-7-13(15)21-14/h2,4-5,8,12H,3,6-7,9H2,1H3,(H,18,19). The van der Waals surface area contributed by atoms with Crippen LogP contribution in [0.25, 0.3) is 0 Å². The molecule has 0 bridgehead atoms. The lowest BCUT2D eigenvalue weighted by Crippen LogP contribution is -2.17. The van der Waals surface area contributed by atoms with Crippen molar-refractivity contribution in [2.24, 2.45) is 0 Å². The average Bonchev–Trinajstić information content (AvgIpc) is 2.87. The Hall–Kier alpha value is -1.33. The second-order valence-electron chi connectivity index (χ2n) is 5.30. The van der Waals surface area contributed by atoms with Gasteiger partial charge in [0.15, 0.2) is 0 Å². The third-order valence-corrected chi connectivity index (χ3v) is 5.97. The van der Waals surface area contributed by atoms with E-state index >= 15 is 0 Å². The number of aromatic nitrogens is 1. The molecule has 5 heteroatoms. The van der Waals surface area contributed by atoms with Crippen molar-refractivity contribution < 1.29 is 9.90 Å². The Morgan fingerprint density at radius 3 is 3.14 bits per heavy atom. The van der Waals surface area contributed by atoms with Gasteiger partial charge in [0, 0.05) is 9.77 Å². The zero-order valence-electron chi connectivity index (χ0n) is 11.8. The number of fused-ring (bicyclic) bond motifs is 1. The van der Waals surface area contributed by atoms with Gasteiger partial charge in [0.05, 0.1) is 17.4 Å². The van der Waals surface area contributed by atoms with Gasteiger partial charge in [-0.25, -0.2) is 4.98 Å². The van der Waals surface area contributed by atoms with Gasteiger partial charge in [0.1, 0.15) is 5.01 Å². The maximum absolute atomic E-state index is 11.3. The highest BCUT2D eigenvalue weighted by Gasteiger charge is 2.29. The second-order valence-corrected chi connectivity index (χ2v) is 7.52. The average molecular weight is 319 g/mol. The Morgan fingerprint density at radius 1 is 1.52 bits per heavy atom. The van der Waals surface area contributed by atoms with Crippen LogP contribution in [0, 0.1) is 6.92 Å². The number of hydrogen-bond donors (Lipinski definition) is 1. The van der Waals surface area contributed by atoms with Gasteiger partial charge >= 0.3 is 5.97 Å². The summed E-state index contributed by atoms with van der Waals surface area (Å²) in [5, 5.41) is 10.3. The van der Waals surface area contributed by atoms with E-state index in [1.807, 2.05) is 0 Å². The summed E-state index contributed by atoms with van der Waals surface area (Å²) in [5.41, 5.74) is 2.07. The molecule has 1 N–H and O–H groups in total. The van der Waals surface area contributed by atoms with Crippen LogP contribution in [0.1, 0.15) is 39.9 Å². The molecule has 0 fully saturated rings. The third kappa shape index (κ3) is 3.30. The minimum atomic E-state index is -0.737. The molecule has 1 aromatic carbocycles. The van der Waals surface area contributed by atoms with Crippen molar-refractivity contribution in [1.82, 2.24) is 4.98 Å². The number of thioether (sulfide) groups is 1. The van der Waals surface area contributed by atoms with Crippen molar-refractivity contribution in [3.05, 3.63) is 45.4 Å². The summed E-state index contributed by atoms with van der Waals surface area (Å²) < 4.78 is 0. The zero-order valence-corrected chi connectivity index (χ0v) is 13.5. The van der Waals surface area contributed by atoms with E-state index in [1.165, 1.54) is 15.3 Å². The molecule has 1 heterocycles. The summed E-state index contributed by atoms with van der Waals surface area (Å²) in [4.78, 5) is 18.3. The predicted molar refractivity (Wildman–Crippen MR) is 86.2 cm³/mol. The first-order valence-electron chi connectivity index (χ1n) is 7.04. The highest BCUT2D eigenvalue weighted by atomic mass is 32.2. The molecule has 1 unspecified atom stereocenters. The molecule has 21 heavy (non-hydrogen) atoms. The van der Waals surface area contributed by atoms with Crippen LogP contribution in [-0.4, -0.2) is 16.1 Å². The lowest BCUT2D eigenvalue weighted by Gasteiger charge is -2.16. The lowest BCUT2D eigenvalue weighted by atomic mass is 9.91. The van der Waals surface area contributed by atoms with Crippen LogP contribution in [-0.2, 0) is 17.0 Å². The number of hydrogen-bond acceptors (Lipinski definition) is 4. The smallest absolute Gasteiger partial charge is 0.312 e. The first-order valence-corrected chi connectivity index (χ1v) is 8.84. The summed E-state index contributed by atoms with van der Waals surface area (Å²) in [7, 11) is 0. The number of carboxylic acid groups (broad SMARTS) is 1. The molecule has 1 aliphatic carbocycles. The van der Waals surface area contributed by atoms with Crippen LogP contribution in [0.5, 0.6) is 0 Å². The maximum Gasteiger partial charge on any atom is 0.312 e. The number of nitrogens with zero attached hydrogens (tertiary/aromatic N) is 1. The molecule has 0 amide bonds. The van der Waals surface area contributed by atoms with E-state index in [1.54, 1.807) is 23.1 Å². The number of carboxylic acids is 1. The third-order valence-electron chi connectivity index (χ3n) is 3.65. The van der Waals surface area contributed by atoms with Gasteiger partial charge in [-0.2, -0.15) is 0 Å². The summed E-state index contributed by atoms with van der Waals surface area (Å²) in [6.45, 7) is 2.09. The topological polar surface area (TPSA) is 50.2 Å². The molecule has 1 atom stereocenters. The van der Waals surface area contributed by atoms with E-state index in [0.717, 1.165) is 35.7 Å². The quantitative estimate of drug-likeness (QED) is 0.856. The highest BCUT2D eigenvalue weighted by Crippen LogP contribution is 2.36. The highest BCUT2D eigenvalue weighted by molar-refractivity contribution is 7.98. The van der Waals surface area contributed by atoms with Crippen molar-refractivity contribution in [3.63, 3.8) is 0 Å². The first kappa shape index (κ1) is 14.6. The van der Waals surface area contributed by atoms with E-state index in [0.29, 0.717) is 0 Å². The molecule has 0 saturated carbocycles. The van der Waals surface area contributed by atoms with Crippen molar-refractivity contribution in [1.29, 1.82) is 0 Å². The van der Waals surface area contributed by atoms with E-state index < -0.39 is 11.9 Å². The van der Waals surface area contributed by atoms with Crippen LogP contribution in [0.15, 0.2) is 29.2 Å². The fourth-order valence-corrected chi connectivity index (χ4v) is 4.80. The number of thiazole rings is 1. The molecular weight excluding hydrogens is 302 g/mol. The summed E-state index contributed by atoms with van der Waals surface area (Å²) in [5.74, 6) is -0.324. The molecular formula is C16H17NO2S2. The molecule has 2 aromatic rings. The van der Waals surface area contributed by atoms with E-state index in [4.69, 9.17) is 0 Å². The molecule has 0 aliphatic heterocycles. The number of carbonyl (C=O) groups is 1. The van der Waals surface area contributed by atoms with E-state index in [9.17, 15) is 9.90 Å². The molecule has 3 rings (SSSR count). The van der Waals surface area contributed by atoms with Gasteiger partial charge in [0.25, 0.3) is 0 Å². The van der Waals surface area contributed by atoms with E-state index in [-0.39, 0.29) is 0 Å². The molecule has 0 radical (unpaired) electrons. The van der Waals surface area contributed by atoms with Crippen LogP contribution < -0.4 is 0 Å². The van der Waals surface area contributed by atoms with Gasteiger partial charge < -0.3 is 5.11 Å². The zero-order chi connectivity index (χ0) is 14.8. The number of aliphatic carboxylic acids is 1. The lowest BCUT2D eigenvalue weighted by molar-refractivity contribution is -0.139. The summed E-state index contributed by atoms with van der Waals surface area (Å²) in [6.07, 6.45) is 2.65. The van der Waals surface area contributed by atoms with Crippen molar-refractivity contribution in [3.8, 4) is 0 Å². The van der Waals surface area contributed by atoms with Gasteiger partial charge in [-0.1, -0.05) is 17.7 Å². The summed E-state index contributed by atoms with van der Waals surface area (Å²) in [6, 6.07) is 8.41. The normalized spacial score (nSPS) is 17.5. The Morgan fingerprint density at radius 2 is 2.38 bits per heavy atom. The van der Waals surface area contributed by atoms with Crippen molar-refractivity contribution in [2.45, 2.75) is 42.8 Å². The molecule has 0 saturated heterocycles. The van der Waals surface area contributed by atoms with Crippen LogP contribution >= 0.6 is 23.1 Å². The predicted octanol–water partition coefficient (Wildman–Crippen LogP) is 4.25. The van der Waals surface area contributed by atoms with Gasteiger partial charge in [-0.05, 0) is 38.3 Å². The SMILES string of the molecule is Cc1cccc(SCc2nc3c(s2)CCCC3C(=O)O)c1. The Kier molecular flexibility index (Phi) is 4.31. The van der Waals surface area contributed by atoms with Gasteiger partial charge in [-0.15, -0.1) is 23.1 Å². The monoisotopic (exact) mass is 319 g/mol.